The zero-order chi connectivity index (χ0) is 11.4. The molecule has 2 unspecified atom stereocenters. The molecule has 15 heavy (non-hydrogen) atoms. The van der Waals surface area contributed by atoms with Gasteiger partial charge < -0.3 is 5.32 Å². The summed E-state index contributed by atoms with van der Waals surface area (Å²) in [6.07, 6.45) is 5.43. The summed E-state index contributed by atoms with van der Waals surface area (Å²) in [6, 6.07) is 1.18. The fourth-order valence-electron chi connectivity index (χ4n) is 2.26. The van der Waals surface area contributed by atoms with Gasteiger partial charge in [0, 0.05) is 25.2 Å². The van der Waals surface area contributed by atoms with Gasteiger partial charge >= 0.3 is 0 Å². The molecule has 2 heteroatoms. The van der Waals surface area contributed by atoms with Gasteiger partial charge in [-0.05, 0) is 11.8 Å². The molecule has 0 aliphatic carbocycles. The van der Waals surface area contributed by atoms with Crippen LogP contribution in [0.4, 0.5) is 0 Å². The summed E-state index contributed by atoms with van der Waals surface area (Å²) in [5, 5.41) is 3.63. The van der Waals surface area contributed by atoms with Gasteiger partial charge in [-0.15, -0.1) is 6.42 Å². The van der Waals surface area contributed by atoms with E-state index in [2.05, 4.69) is 43.8 Å². The van der Waals surface area contributed by atoms with E-state index in [1.807, 2.05) is 0 Å². The van der Waals surface area contributed by atoms with Crippen LogP contribution >= 0.6 is 0 Å². The zero-order valence-corrected chi connectivity index (χ0v) is 10.5. The first-order valence-corrected chi connectivity index (χ1v) is 5.97. The largest absolute Gasteiger partial charge is 0.311 e. The Bertz CT molecular complexity index is 227. The van der Waals surface area contributed by atoms with Gasteiger partial charge in [-0.2, -0.15) is 0 Å². The highest BCUT2D eigenvalue weighted by Crippen LogP contribution is 2.17. The van der Waals surface area contributed by atoms with E-state index in [4.69, 9.17) is 6.42 Å². The molecule has 0 radical (unpaired) electrons. The van der Waals surface area contributed by atoms with Crippen molar-refractivity contribution >= 4 is 0 Å². The summed E-state index contributed by atoms with van der Waals surface area (Å²) in [6.45, 7) is 12.0. The lowest BCUT2D eigenvalue weighted by atomic mass is 9.94. The van der Waals surface area contributed by atoms with Crippen LogP contribution in [0.1, 0.15) is 27.7 Å². The first kappa shape index (κ1) is 12.5. The van der Waals surface area contributed by atoms with Gasteiger partial charge in [-0.1, -0.05) is 33.6 Å². The van der Waals surface area contributed by atoms with Crippen molar-refractivity contribution in [2.45, 2.75) is 39.8 Å². The van der Waals surface area contributed by atoms with Crippen LogP contribution in [-0.4, -0.2) is 36.6 Å². The van der Waals surface area contributed by atoms with Gasteiger partial charge in [-0.25, -0.2) is 0 Å². The maximum atomic E-state index is 5.43. The predicted octanol–water partition coefficient (Wildman–Crippen LogP) is 1.57. The Morgan fingerprint density at radius 3 is 2.47 bits per heavy atom. The number of hydrogen-bond acceptors (Lipinski definition) is 2. The maximum absolute atomic E-state index is 5.43. The SMILES string of the molecule is C#CCN1CC(C(C)C)NCC1C(C)C. The third-order valence-corrected chi connectivity index (χ3v) is 3.36. The predicted molar refractivity (Wildman–Crippen MR) is 65.7 cm³/mol. The number of rotatable bonds is 3. The van der Waals surface area contributed by atoms with E-state index in [-0.39, 0.29) is 0 Å². The monoisotopic (exact) mass is 208 g/mol. The molecule has 1 rings (SSSR count). The van der Waals surface area contributed by atoms with Crippen LogP contribution in [-0.2, 0) is 0 Å². The Kier molecular flexibility index (Phi) is 4.63. The quantitative estimate of drug-likeness (QED) is 0.708. The highest BCUT2D eigenvalue weighted by atomic mass is 15.2. The number of terminal acetylenes is 1. The molecule has 1 aliphatic heterocycles. The van der Waals surface area contributed by atoms with Gasteiger partial charge in [0.2, 0.25) is 0 Å². The Morgan fingerprint density at radius 2 is 2.00 bits per heavy atom. The normalized spacial score (nSPS) is 28.3. The molecule has 2 atom stereocenters. The number of piperazine rings is 1. The van der Waals surface area contributed by atoms with Gasteiger partial charge in [0.1, 0.15) is 0 Å². The van der Waals surface area contributed by atoms with E-state index < -0.39 is 0 Å². The smallest absolute Gasteiger partial charge is 0.0602 e. The van der Waals surface area contributed by atoms with E-state index in [0.717, 1.165) is 19.6 Å². The summed E-state index contributed by atoms with van der Waals surface area (Å²) in [7, 11) is 0. The molecule has 1 saturated heterocycles. The van der Waals surface area contributed by atoms with Crippen molar-refractivity contribution in [2.75, 3.05) is 19.6 Å². The van der Waals surface area contributed by atoms with E-state index in [1.165, 1.54) is 0 Å². The molecular weight excluding hydrogens is 184 g/mol. The molecule has 0 aromatic carbocycles. The number of nitrogens with zero attached hydrogens (tertiary/aromatic N) is 1. The summed E-state index contributed by atoms with van der Waals surface area (Å²) >= 11 is 0. The van der Waals surface area contributed by atoms with Crippen molar-refractivity contribution < 1.29 is 0 Å². The van der Waals surface area contributed by atoms with E-state index in [1.54, 1.807) is 0 Å². The fraction of sp³-hybridized carbons (Fsp3) is 0.846. The van der Waals surface area contributed by atoms with Gasteiger partial charge in [0.25, 0.3) is 0 Å². The molecular formula is C13H24N2. The molecule has 0 bridgehead atoms. The second kappa shape index (κ2) is 5.53. The van der Waals surface area contributed by atoms with Crippen LogP contribution in [0.15, 0.2) is 0 Å². The molecule has 1 fully saturated rings. The van der Waals surface area contributed by atoms with E-state index in [0.29, 0.717) is 23.9 Å². The minimum absolute atomic E-state index is 0.591. The summed E-state index contributed by atoms with van der Waals surface area (Å²) in [5.74, 6) is 4.12. The lowest BCUT2D eigenvalue weighted by Gasteiger charge is -2.42. The molecule has 1 aliphatic rings. The molecule has 2 nitrogen and oxygen atoms in total. The van der Waals surface area contributed by atoms with Gasteiger partial charge in [0.05, 0.1) is 6.54 Å². The van der Waals surface area contributed by atoms with Gasteiger partial charge in [0.15, 0.2) is 0 Å². The molecule has 86 valence electrons. The van der Waals surface area contributed by atoms with Crippen molar-refractivity contribution in [1.82, 2.24) is 10.2 Å². The first-order chi connectivity index (χ1) is 7.06. The molecule has 0 saturated carbocycles. The maximum Gasteiger partial charge on any atom is 0.0602 e. The van der Waals surface area contributed by atoms with Crippen molar-refractivity contribution in [3.8, 4) is 12.3 Å². The van der Waals surface area contributed by atoms with Crippen LogP contribution in [0.3, 0.4) is 0 Å². The first-order valence-electron chi connectivity index (χ1n) is 5.97. The summed E-state index contributed by atoms with van der Waals surface area (Å²) < 4.78 is 0. The molecule has 0 aromatic rings. The highest BCUT2D eigenvalue weighted by molar-refractivity contribution is 4.96. The fourth-order valence-corrected chi connectivity index (χ4v) is 2.26. The number of nitrogens with one attached hydrogen (secondary N) is 1. The Hall–Kier alpha value is -0.520. The molecule has 0 spiro atoms. The summed E-state index contributed by atoms with van der Waals surface area (Å²) in [4.78, 5) is 2.45. The Labute approximate surface area is 94.4 Å². The lowest BCUT2D eigenvalue weighted by molar-refractivity contribution is 0.0990. The van der Waals surface area contributed by atoms with Crippen LogP contribution in [0, 0.1) is 24.2 Å². The minimum atomic E-state index is 0.591. The second-order valence-electron chi connectivity index (χ2n) is 5.20. The standard InChI is InChI=1S/C13H24N2/c1-6-7-15-9-12(10(2)3)14-8-13(15)11(4)5/h1,10-14H,7-9H2,2-5H3. The topological polar surface area (TPSA) is 15.3 Å². The third-order valence-electron chi connectivity index (χ3n) is 3.36. The third kappa shape index (κ3) is 3.22. The molecule has 1 N–H and O–H groups in total. The molecule has 0 amide bonds. The van der Waals surface area contributed by atoms with Crippen LogP contribution < -0.4 is 5.32 Å². The second-order valence-corrected chi connectivity index (χ2v) is 5.20. The zero-order valence-electron chi connectivity index (χ0n) is 10.5. The minimum Gasteiger partial charge on any atom is -0.311 e. The molecule has 1 heterocycles. The Morgan fingerprint density at radius 1 is 1.33 bits per heavy atom. The molecule has 0 aromatic heterocycles. The van der Waals surface area contributed by atoms with Crippen molar-refractivity contribution in [3.05, 3.63) is 0 Å². The average Bonchev–Trinajstić information content (AvgIpc) is 2.17. The van der Waals surface area contributed by atoms with Crippen molar-refractivity contribution in [3.63, 3.8) is 0 Å². The highest BCUT2D eigenvalue weighted by Gasteiger charge is 2.30. The van der Waals surface area contributed by atoms with Crippen LogP contribution in [0.2, 0.25) is 0 Å². The summed E-state index contributed by atoms with van der Waals surface area (Å²) in [5.41, 5.74) is 0. The van der Waals surface area contributed by atoms with Crippen LogP contribution in [0.25, 0.3) is 0 Å². The van der Waals surface area contributed by atoms with Crippen molar-refractivity contribution in [2.24, 2.45) is 11.8 Å². The lowest BCUT2D eigenvalue weighted by Crippen LogP contribution is -2.59. The Balaban J connectivity index is 2.61. The van der Waals surface area contributed by atoms with Gasteiger partial charge in [-0.3, -0.25) is 4.90 Å². The van der Waals surface area contributed by atoms with E-state index >= 15 is 0 Å². The van der Waals surface area contributed by atoms with Crippen molar-refractivity contribution in [1.29, 1.82) is 0 Å². The van der Waals surface area contributed by atoms with E-state index in [9.17, 15) is 0 Å². The number of hydrogen-bond donors (Lipinski definition) is 1. The average molecular weight is 208 g/mol. The van der Waals surface area contributed by atoms with Crippen LogP contribution in [0.5, 0.6) is 0 Å².